The van der Waals surface area contributed by atoms with Crippen LogP contribution in [0.2, 0.25) is 5.02 Å². The summed E-state index contributed by atoms with van der Waals surface area (Å²) in [6.07, 6.45) is 2.84. The summed E-state index contributed by atoms with van der Waals surface area (Å²) in [5, 5.41) is 3.34. The number of fused-ring (bicyclic) bond motifs is 1. The van der Waals surface area contributed by atoms with Crippen LogP contribution in [0.1, 0.15) is 21.5 Å². The first-order valence-electron chi connectivity index (χ1n) is 8.54. The normalized spacial score (nSPS) is 13.2. The zero-order valence-electron chi connectivity index (χ0n) is 14.2. The van der Waals surface area contributed by atoms with E-state index in [1.54, 1.807) is 24.3 Å². The second-order valence-corrected chi connectivity index (χ2v) is 6.74. The van der Waals surface area contributed by atoms with Crippen molar-refractivity contribution in [2.75, 3.05) is 16.8 Å². The van der Waals surface area contributed by atoms with Crippen LogP contribution in [0.3, 0.4) is 0 Å². The summed E-state index contributed by atoms with van der Waals surface area (Å²) in [6.45, 7) is 1.85. The molecule has 0 atom stereocenters. The molecule has 26 heavy (non-hydrogen) atoms. The van der Waals surface area contributed by atoms with Crippen LogP contribution >= 0.6 is 11.6 Å². The highest BCUT2D eigenvalue weighted by molar-refractivity contribution is 6.31. The molecule has 130 valence electrons. The lowest BCUT2D eigenvalue weighted by atomic mass is 10.00. The van der Waals surface area contributed by atoms with Crippen molar-refractivity contribution in [2.45, 2.75) is 13.0 Å². The Kier molecular flexibility index (Phi) is 4.59. The van der Waals surface area contributed by atoms with E-state index in [0.717, 1.165) is 25.2 Å². The van der Waals surface area contributed by atoms with E-state index < -0.39 is 0 Å². The maximum Gasteiger partial charge on any atom is 0.256 e. The molecule has 0 unspecified atom stereocenters. The molecule has 2 heterocycles. The van der Waals surface area contributed by atoms with E-state index in [1.165, 1.54) is 11.1 Å². The van der Waals surface area contributed by atoms with Gasteiger partial charge in [-0.25, -0.2) is 4.98 Å². The number of pyridine rings is 1. The molecule has 4 rings (SSSR count). The van der Waals surface area contributed by atoms with Gasteiger partial charge in [0.25, 0.3) is 5.91 Å². The molecule has 1 aliphatic rings. The number of anilines is 2. The molecule has 1 aromatic heterocycles. The summed E-state index contributed by atoms with van der Waals surface area (Å²) >= 11 is 5.93. The lowest BCUT2D eigenvalue weighted by molar-refractivity contribution is 0.102. The van der Waals surface area contributed by atoms with Gasteiger partial charge in [0.2, 0.25) is 0 Å². The maximum absolute atomic E-state index is 12.3. The lowest BCUT2D eigenvalue weighted by Crippen LogP contribution is -2.30. The van der Waals surface area contributed by atoms with E-state index in [0.29, 0.717) is 16.4 Å². The third-order valence-electron chi connectivity index (χ3n) is 4.57. The monoisotopic (exact) mass is 363 g/mol. The van der Waals surface area contributed by atoms with Crippen molar-refractivity contribution >= 4 is 29.0 Å². The van der Waals surface area contributed by atoms with Crippen molar-refractivity contribution < 1.29 is 4.79 Å². The number of nitrogens with one attached hydrogen (secondary N) is 1. The predicted molar refractivity (Wildman–Crippen MR) is 105 cm³/mol. The van der Waals surface area contributed by atoms with Crippen LogP contribution in [0.25, 0.3) is 0 Å². The first-order chi connectivity index (χ1) is 12.7. The minimum absolute atomic E-state index is 0.223. The second-order valence-electron chi connectivity index (χ2n) is 6.31. The van der Waals surface area contributed by atoms with Crippen LogP contribution in [-0.4, -0.2) is 17.4 Å². The van der Waals surface area contributed by atoms with Crippen LogP contribution in [0.5, 0.6) is 0 Å². The Morgan fingerprint density at radius 1 is 1.04 bits per heavy atom. The van der Waals surface area contributed by atoms with Gasteiger partial charge in [-0.3, -0.25) is 4.79 Å². The number of rotatable bonds is 3. The van der Waals surface area contributed by atoms with Gasteiger partial charge in [-0.05, 0) is 47.9 Å². The highest BCUT2D eigenvalue weighted by Gasteiger charge is 2.16. The Morgan fingerprint density at radius 2 is 1.88 bits per heavy atom. The topological polar surface area (TPSA) is 45.2 Å². The third-order valence-corrected chi connectivity index (χ3v) is 4.81. The Labute approximate surface area is 157 Å². The van der Waals surface area contributed by atoms with Crippen molar-refractivity contribution in [1.82, 2.24) is 4.98 Å². The van der Waals surface area contributed by atoms with E-state index >= 15 is 0 Å². The fourth-order valence-electron chi connectivity index (χ4n) is 3.18. The molecule has 0 fully saturated rings. The molecule has 1 aliphatic heterocycles. The minimum atomic E-state index is -0.223. The molecule has 0 radical (unpaired) electrons. The van der Waals surface area contributed by atoms with Crippen LogP contribution in [0.15, 0.2) is 66.9 Å². The molecular weight excluding hydrogens is 346 g/mol. The van der Waals surface area contributed by atoms with Gasteiger partial charge in [0.15, 0.2) is 0 Å². The van der Waals surface area contributed by atoms with Gasteiger partial charge in [0.1, 0.15) is 5.82 Å². The molecule has 0 aliphatic carbocycles. The van der Waals surface area contributed by atoms with Gasteiger partial charge < -0.3 is 10.2 Å². The summed E-state index contributed by atoms with van der Waals surface area (Å²) in [5.41, 5.74) is 4.34. The van der Waals surface area contributed by atoms with Gasteiger partial charge in [-0.15, -0.1) is 0 Å². The standard InChI is InChI=1S/C21H18ClN3O/c22-18-7-3-6-16(12-18)21(26)24-20-9-8-19(13-23-20)25-11-10-15-4-1-2-5-17(15)14-25/h1-9,12-13H,10-11,14H2,(H,23,24,26). The number of halogens is 1. The second kappa shape index (κ2) is 7.18. The van der Waals surface area contributed by atoms with E-state index in [4.69, 9.17) is 11.6 Å². The van der Waals surface area contributed by atoms with E-state index in [2.05, 4.69) is 39.5 Å². The number of hydrogen-bond acceptors (Lipinski definition) is 3. The van der Waals surface area contributed by atoms with Crippen molar-refractivity contribution in [3.63, 3.8) is 0 Å². The fraction of sp³-hybridized carbons (Fsp3) is 0.143. The van der Waals surface area contributed by atoms with Crippen LogP contribution in [0.4, 0.5) is 11.5 Å². The number of hydrogen-bond donors (Lipinski definition) is 1. The summed E-state index contributed by atoms with van der Waals surface area (Å²) in [6, 6.07) is 19.2. The highest BCUT2D eigenvalue weighted by atomic mass is 35.5. The first kappa shape index (κ1) is 16.6. The van der Waals surface area contributed by atoms with Crippen LogP contribution in [0, 0.1) is 0 Å². The highest BCUT2D eigenvalue weighted by Crippen LogP contribution is 2.24. The maximum atomic E-state index is 12.3. The zero-order chi connectivity index (χ0) is 17.9. The number of benzene rings is 2. The number of nitrogens with zero attached hydrogens (tertiary/aromatic N) is 2. The number of aromatic nitrogens is 1. The summed E-state index contributed by atoms with van der Waals surface area (Å²) in [5.74, 6) is 0.302. The summed E-state index contributed by atoms with van der Waals surface area (Å²) in [4.78, 5) is 19.0. The van der Waals surface area contributed by atoms with Crippen LogP contribution < -0.4 is 10.2 Å². The molecule has 1 amide bonds. The van der Waals surface area contributed by atoms with Crippen molar-refractivity contribution in [3.8, 4) is 0 Å². The average Bonchev–Trinajstić information content (AvgIpc) is 2.68. The first-order valence-corrected chi connectivity index (χ1v) is 8.91. The quantitative estimate of drug-likeness (QED) is 0.742. The molecule has 0 spiro atoms. The molecule has 5 heteroatoms. The summed E-state index contributed by atoms with van der Waals surface area (Å²) < 4.78 is 0. The van der Waals surface area contributed by atoms with E-state index in [9.17, 15) is 4.79 Å². The number of carbonyl (C=O) groups is 1. The molecule has 3 aromatic rings. The largest absolute Gasteiger partial charge is 0.366 e. The van der Waals surface area contributed by atoms with Crippen LogP contribution in [-0.2, 0) is 13.0 Å². The molecule has 0 saturated carbocycles. The van der Waals surface area contributed by atoms with E-state index in [-0.39, 0.29) is 5.91 Å². The van der Waals surface area contributed by atoms with Gasteiger partial charge in [0, 0.05) is 23.7 Å². The van der Waals surface area contributed by atoms with Gasteiger partial charge in [-0.1, -0.05) is 41.9 Å². The molecule has 1 N–H and O–H groups in total. The van der Waals surface area contributed by atoms with Gasteiger partial charge in [-0.2, -0.15) is 0 Å². The Morgan fingerprint density at radius 3 is 2.65 bits per heavy atom. The average molecular weight is 364 g/mol. The van der Waals surface area contributed by atoms with Gasteiger partial charge >= 0.3 is 0 Å². The minimum Gasteiger partial charge on any atom is -0.366 e. The number of amides is 1. The number of carbonyl (C=O) groups excluding carboxylic acids is 1. The Hall–Kier alpha value is -2.85. The smallest absolute Gasteiger partial charge is 0.256 e. The van der Waals surface area contributed by atoms with Crippen molar-refractivity contribution in [3.05, 3.63) is 88.6 Å². The third kappa shape index (κ3) is 3.55. The van der Waals surface area contributed by atoms with Gasteiger partial charge in [0.05, 0.1) is 11.9 Å². The summed E-state index contributed by atoms with van der Waals surface area (Å²) in [7, 11) is 0. The fourth-order valence-corrected chi connectivity index (χ4v) is 3.37. The zero-order valence-corrected chi connectivity index (χ0v) is 14.9. The predicted octanol–water partition coefficient (Wildman–Crippen LogP) is 4.55. The SMILES string of the molecule is O=C(Nc1ccc(N2CCc3ccccc3C2)cn1)c1cccc(Cl)c1. The van der Waals surface area contributed by atoms with Crippen molar-refractivity contribution in [1.29, 1.82) is 0 Å². The van der Waals surface area contributed by atoms with Crippen molar-refractivity contribution in [2.24, 2.45) is 0 Å². The molecule has 0 saturated heterocycles. The lowest BCUT2D eigenvalue weighted by Gasteiger charge is -2.30. The molecule has 0 bridgehead atoms. The molecular formula is C21H18ClN3O. The Bertz CT molecular complexity index is 940. The van der Waals surface area contributed by atoms with E-state index in [1.807, 2.05) is 18.3 Å². The molecule has 4 nitrogen and oxygen atoms in total. The molecule has 2 aromatic carbocycles. The Balaban J connectivity index is 1.45.